The zero-order valence-electron chi connectivity index (χ0n) is 15.8. The van der Waals surface area contributed by atoms with Gasteiger partial charge in [0.1, 0.15) is 0 Å². The average molecular weight is 424 g/mol. The second-order valence-corrected chi connectivity index (χ2v) is 8.51. The summed E-state index contributed by atoms with van der Waals surface area (Å²) in [7, 11) is 0. The van der Waals surface area contributed by atoms with Crippen LogP contribution in [0.1, 0.15) is 25.7 Å². The van der Waals surface area contributed by atoms with Crippen LogP contribution >= 0.6 is 22.9 Å². The standard InChI is InChI=1S/C20H18ClN7S/c1-12(2)17(18-25-24-16-5-3-4-10-27(16)18)23-19-26-28-11-15(22-20(28)29-19)13-6-8-14(21)9-7-13/h3-12,17H,1-2H3,(H,23,26). The van der Waals surface area contributed by atoms with Gasteiger partial charge in [-0.05, 0) is 30.2 Å². The lowest BCUT2D eigenvalue weighted by Gasteiger charge is -2.20. The molecule has 1 unspecified atom stereocenters. The Morgan fingerprint density at radius 1 is 1.07 bits per heavy atom. The molecule has 0 aliphatic rings. The molecule has 0 saturated heterocycles. The summed E-state index contributed by atoms with van der Waals surface area (Å²) in [6.45, 7) is 4.30. The largest absolute Gasteiger partial charge is 0.350 e. The number of nitrogens with one attached hydrogen (secondary N) is 1. The fraction of sp³-hybridized carbons (Fsp3) is 0.200. The molecule has 0 saturated carbocycles. The van der Waals surface area contributed by atoms with Crippen molar-refractivity contribution in [2.75, 3.05) is 5.32 Å². The number of imidazole rings is 1. The monoisotopic (exact) mass is 423 g/mol. The third-order valence-corrected chi connectivity index (χ3v) is 5.85. The lowest BCUT2D eigenvalue weighted by atomic mass is 10.0. The van der Waals surface area contributed by atoms with Crippen molar-refractivity contribution in [3.8, 4) is 11.3 Å². The molecule has 1 atom stereocenters. The number of fused-ring (bicyclic) bond motifs is 2. The van der Waals surface area contributed by atoms with Gasteiger partial charge in [-0.25, -0.2) is 9.50 Å². The fourth-order valence-corrected chi connectivity index (χ4v) is 4.20. The number of benzene rings is 1. The minimum Gasteiger partial charge on any atom is -0.350 e. The number of halogens is 1. The van der Waals surface area contributed by atoms with Crippen LogP contribution < -0.4 is 5.32 Å². The van der Waals surface area contributed by atoms with E-state index in [2.05, 4.69) is 34.5 Å². The summed E-state index contributed by atoms with van der Waals surface area (Å²) in [5, 5.41) is 18.4. The highest BCUT2D eigenvalue weighted by Crippen LogP contribution is 2.30. The number of nitrogens with zero attached hydrogens (tertiary/aromatic N) is 6. The van der Waals surface area contributed by atoms with E-state index in [1.54, 1.807) is 4.52 Å². The normalized spacial score (nSPS) is 12.8. The van der Waals surface area contributed by atoms with Crippen LogP contribution in [0, 0.1) is 5.92 Å². The van der Waals surface area contributed by atoms with Gasteiger partial charge in [0, 0.05) is 16.8 Å². The number of rotatable bonds is 5. The van der Waals surface area contributed by atoms with E-state index < -0.39 is 0 Å². The average Bonchev–Trinajstić information content (AvgIpc) is 3.39. The Balaban J connectivity index is 1.45. The second-order valence-electron chi connectivity index (χ2n) is 7.12. The fourth-order valence-electron chi connectivity index (χ4n) is 3.25. The number of hydrogen-bond acceptors (Lipinski definition) is 6. The first-order valence-electron chi connectivity index (χ1n) is 9.27. The molecule has 29 heavy (non-hydrogen) atoms. The summed E-state index contributed by atoms with van der Waals surface area (Å²) < 4.78 is 3.81. The lowest BCUT2D eigenvalue weighted by Crippen LogP contribution is -2.19. The highest BCUT2D eigenvalue weighted by Gasteiger charge is 2.23. The Bertz CT molecular complexity index is 1250. The van der Waals surface area contributed by atoms with Crippen molar-refractivity contribution in [3.63, 3.8) is 0 Å². The Hall–Kier alpha value is -2.97. The van der Waals surface area contributed by atoms with Crippen molar-refractivity contribution in [1.82, 2.24) is 29.2 Å². The van der Waals surface area contributed by atoms with Crippen LogP contribution in [-0.2, 0) is 0 Å². The zero-order valence-corrected chi connectivity index (χ0v) is 17.4. The lowest BCUT2D eigenvalue weighted by molar-refractivity contribution is 0.516. The van der Waals surface area contributed by atoms with E-state index >= 15 is 0 Å². The molecule has 0 amide bonds. The molecule has 0 fully saturated rings. The molecular formula is C20H18ClN7S. The zero-order chi connectivity index (χ0) is 20.0. The van der Waals surface area contributed by atoms with Crippen LogP contribution in [0.15, 0.2) is 54.9 Å². The Morgan fingerprint density at radius 3 is 2.66 bits per heavy atom. The van der Waals surface area contributed by atoms with Crippen LogP contribution in [0.25, 0.3) is 21.9 Å². The molecule has 0 spiro atoms. The number of anilines is 1. The van der Waals surface area contributed by atoms with E-state index in [1.807, 2.05) is 59.3 Å². The first kappa shape index (κ1) is 18.1. The van der Waals surface area contributed by atoms with Crippen molar-refractivity contribution >= 4 is 38.7 Å². The minimum absolute atomic E-state index is 0.0287. The van der Waals surface area contributed by atoms with Crippen molar-refractivity contribution in [1.29, 1.82) is 0 Å². The van der Waals surface area contributed by atoms with Gasteiger partial charge in [-0.15, -0.1) is 15.3 Å². The molecular weight excluding hydrogens is 406 g/mol. The van der Waals surface area contributed by atoms with E-state index in [4.69, 9.17) is 16.6 Å². The predicted octanol–water partition coefficient (Wildman–Crippen LogP) is 4.96. The molecule has 5 rings (SSSR count). The maximum Gasteiger partial charge on any atom is 0.214 e. The van der Waals surface area contributed by atoms with Gasteiger partial charge >= 0.3 is 0 Å². The summed E-state index contributed by atoms with van der Waals surface area (Å²) in [6, 6.07) is 13.5. The molecule has 7 nitrogen and oxygen atoms in total. The van der Waals surface area contributed by atoms with Crippen LogP contribution in [-0.4, -0.2) is 29.2 Å². The second kappa shape index (κ2) is 7.13. The smallest absolute Gasteiger partial charge is 0.214 e. The molecule has 4 aromatic heterocycles. The number of aromatic nitrogens is 6. The Morgan fingerprint density at radius 2 is 1.90 bits per heavy atom. The summed E-state index contributed by atoms with van der Waals surface area (Å²) >= 11 is 7.49. The van der Waals surface area contributed by atoms with Gasteiger partial charge in [0.15, 0.2) is 11.5 Å². The SMILES string of the molecule is CC(C)C(Nc1nn2cc(-c3ccc(Cl)cc3)nc2s1)c1nnc2ccccn12. The summed E-state index contributed by atoms with van der Waals surface area (Å²) in [6.07, 6.45) is 3.91. The van der Waals surface area contributed by atoms with Gasteiger partial charge in [-0.1, -0.05) is 55.0 Å². The van der Waals surface area contributed by atoms with E-state index in [0.29, 0.717) is 10.9 Å². The third kappa shape index (κ3) is 3.34. The quantitative estimate of drug-likeness (QED) is 0.432. The molecule has 9 heteroatoms. The number of pyridine rings is 1. The maximum absolute atomic E-state index is 5.97. The van der Waals surface area contributed by atoms with Crippen molar-refractivity contribution in [3.05, 3.63) is 65.7 Å². The molecule has 5 aromatic rings. The molecule has 1 N–H and O–H groups in total. The molecule has 0 aliphatic heterocycles. The van der Waals surface area contributed by atoms with Crippen molar-refractivity contribution in [2.24, 2.45) is 5.92 Å². The highest BCUT2D eigenvalue weighted by molar-refractivity contribution is 7.20. The third-order valence-electron chi connectivity index (χ3n) is 4.75. The molecule has 4 heterocycles. The van der Waals surface area contributed by atoms with Gasteiger partial charge in [0.25, 0.3) is 0 Å². The van der Waals surface area contributed by atoms with E-state index in [-0.39, 0.29) is 6.04 Å². The summed E-state index contributed by atoms with van der Waals surface area (Å²) in [5.74, 6) is 1.16. The van der Waals surface area contributed by atoms with Crippen molar-refractivity contribution in [2.45, 2.75) is 19.9 Å². The van der Waals surface area contributed by atoms with Gasteiger partial charge in [-0.3, -0.25) is 4.40 Å². The first-order valence-corrected chi connectivity index (χ1v) is 10.5. The topological polar surface area (TPSA) is 72.4 Å². The van der Waals surface area contributed by atoms with Gasteiger partial charge in [0.2, 0.25) is 10.1 Å². The summed E-state index contributed by atoms with van der Waals surface area (Å²) in [4.78, 5) is 5.53. The van der Waals surface area contributed by atoms with E-state index in [0.717, 1.165) is 32.8 Å². The predicted molar refractivity (Wildman–Crippen MR) is 115 cm³/mol. The van der Waals surface area contributed by atoms with Crippen LogP contribution in [0.3, 0.4) is 0 Å². The highest BCUT2D eigenvalue weighted by atomic mass is 35.5. The molecule has 0 bridgehead atoms. The first-order chi connectivity index (χ1) is 14.1. The van der Waals surface area contributed by atoms with E-state index in [9.17, 15) is 0 Å². The molecule has 146 valence electrons. The van der Waals surface area contributed by atoms with E-state index in [1.165, 1.54) is 11.3 Å². The maximum atomic E-state index is 5.97. The van der Waals surface area contributed by atoms with Gasteiger partial charge in [0.05, 0.1) is 17.9 Å². The van der Waals surface area contributed by atoms with Gasteiger partial charge < -0.3 is 5.32 Å². The van der Waals surface area contributed by atoms with Crippen LogP contribution in [0.5, 0.6) is 0 Å². The molecule has 0 aliphatic carbocycles. The minimum atomic E-state index is -0.0287. The van der Waals surface area contributed by atoms with Crippen molar-refractivity contribution < 1.29 is 0 Å². The Labute approximate surface area is 176 Å². The van der Waals surface area contributed by atoms with Gasteiger partial charge in [-0.2, -0.15) is 0 Å². The van der Waals surface area contributed by atoms with Crippen LogP contribution in [0.2, 0.25) is 5.02 Å². The number of hydrogen-bond donors (Lipinski definition) is 1. The molecule has 1 aromatic carbocycles. The van der Waals surface area contributed by atoms with Crippen LogP contribution in [0.4, 0.5) is 5.13 Å². The molecule has 0 radical (unpaired) electrons. The Kier molecular flexibility index (Phi) is 4.44. The summed E-state index contributed by atoms with van der Waals surface area (Å²) in [5.41, 5.74) is 2.71.